The van der Waals surface area contributed by atoms with Crippen LogP contribution in [-0.2, 0) is 9.53 Å². The lowest BCUT2D eigenvalue weighted by Gasteiger charge is -2.41. The quantitative estimate of drug-likeness (QED) is 0.699. The van der Waals surface area contributed by atoms with Crippen LogP contribution in [0.25, 0.3) is 0 Å². The Morgan fingerprint density at radius 2 is 2.31 bits per heavy atom. The molecule has 0 saturated carbocycles. The first-order valence-corrected chi connectivity index (χ1v) is 5.74. The zero-order chi connectivity index (χ0) is 12.3. The molecule has 5 heteroatoms. The van der Waals surface area contributed by atoms with E-state index in [4.69, 9.17) is 15.6 Å². The summed E-state index contributed by atoms with van der Waals surface area (Å²) in [6.07, 6.45) is 0.312. The molecule has 0 radical (unpaired) electrons. The molecule has 1 saturated heterocycles. The smallest absolute Gasteiger partial charge is 0.242 e. The standard InChI is InChI=1S/C11H22N2O3/c1-4-11(3,12)10(15)13-5-9(6-14)16-7-8(13)2/h8-9,14H,4-7,12H2,1-3H3. The minimum Gasteiger partial charge on any atom is -0.394 e. The van der Waals surface area contributed by atoms with Crippen LogP contribution < -0.4 is 5.73 Å². The highest BCUT2D eigenvalue weighted by atomic mass is 16.5. The molecule has 1 aliphatic rings. The van der Waals surface area contributed by atoms with Crippen molar-refractivity contribution in [1.29, 1.82) is 0 Å². The molecule has 1 fully saturated rings. The highest BCUT2D eigenvalue weighted by Gasteiger charge is 2.36. The number of aliphatic hydroxyl groups excluding tert-OH is 1. The van der Waals surface area contributed by atoms with Crippen LogP contribution in [0.5, 0.6) is 0 Å². The zero-order valence-electron chi connectivity index (χ0n) is 10.3. The van der Waals surface area contributed by atoms with Crippen LogP contribution in [0.4, 0.5) is 0 Å². The van der Waals surface area contributed by atoms with Crippen LogP contribution in [-0.4, -0.2) is 53.4 Å². The van der Waals surface area contributed by atoms with Crippen molar-refractivity contribution in [1.82, 2.24) is 4.90 Å². The van der Waals surface area contributed by atoms with Crippen LogP contribution >= 0.6 is 0 Å². The second-order valence-electron chi connectivity index (χ2n) is 4.72. The van der Waals surface area contributed by atoms with Crippen LogP contribution in [0, 0.1) is 0 Å². The monoisotopic (exact) mass is 230 g/mol. The molecule has 1 rings (SSSR count). The summed E-state index contributed by atoms with van der Waals surface area (Å²) in [5.41, 5.74) is 5.12. The van der Waals surface area contributed by atoms with Gasteiger partial charge in [-0.2, -0.15) is 0 Å². The van der Waals surface area contributed by atoms with Gasteiger partial charge in [-0.3, -0.25) is 4.79 Å². The number of carbonyl (C=O) groups excluding carboxylic acids is 1. The Morgan fingerprint density at radius 3 is 2.81 bits per heavy atom. The van der Waals surface area contributed by atoms with Gasteiger partial charge in [0, 0.05) is 6.54 Å². The summed E-state index contributed by atoms with van der Waals surface area (Å²) in [6, 6.07) is 0.0183. The summed E-state index contributed by atoms with van der Waals surface area (Å²) in [5.74, 6) is -0.0655. The Hall–Kier alpha value is -0.650. The van der Waals surface area contributed by atoms with Gasteiger partial charge < -0.3 is 20.5 Å². The average molecular weight is 230 g/mol. The summed E-state index contributed by atoms with van der Waals surface area (Å²) >= 11 is 0. The Balaban J connectivity index is 2.73. The molecule has 0 spiro atoms. The number of hydrogen-bond acceptors (Lipinski definition) is 4. The predicted octanol–water partition coefficient (Wildman–Crippen LogP) is -0.278. The van der Waals surface area contributed by atoms with Gasteiger partial charge >= 0.3 is 0 Å². The van der Waals surface area contributed by atoms with Crippen molar-refractivity contribution in [3.8, 4) is 0 Å². The van der Waals surface area contributed by atoms with E-state index < -0.39 is 5.54 Å². The number of aliphatic hydroxyl groups is 1. The van der Waals surface area contributed by atoms with Crippen LogP contribution in [0.1, 0.15) is 27.2 Å². The lowest BCUT2D eigenvalue weighted by atomic mass is 9.97. The minimum absolute atomic E-state index is 0.0183. The maximum Gasteiger partial charge on any atom is 0.242 e. The van der Waals surface area contributed by atoms with E-state index in [1.165, 1.54) is 0 Å². The van der Waals surface area contributed by atoms with Gasteiger partial charge in [-0.05, 0) is 20.3 Å². The van der Waals surface area contributed by atoms with E-state index in [1.54, 1.807) is 11.8 Å². The molecule has 0 aromatic carbocycles. The van der Waals surface area contributed by atoms with Crippen molar-refractivity contribution in [3.05, 3.63) is 0 Å². The molecule has 0 bridgehead atoms. The molecule has 0 aromatic rings. The lowest BCUT2D eigenvalue weighted by Crippen LogP contribution is -2.60. The van der Waals surface area contributed by atoms with Gasteiger partial charge in [-0.15, -0.1) is 0 Å². The van der Waals surface area contributed by atoms with Gasteiger partial charge in [0.25, 0.3) is 0 Å². The first-order chi connectivity index (χ1) is 7.42. The number of carbonyl (C=O) groups is 1. The largest absolute Gasteiger partial charge is 0.394 e. The van der Waals surface area contributed by atoms with E-state index in [2.05, 4.69) is 0 Å². The van der Waals surface area contributed by atoms with Crippen molar-refractivity contribution in [3.63, 3.8) is 0 Å². The Morgan fingerprint density at radius 1 is 1.69 bits per heavy atom. The second kappa shape index (κ2) is 5.12. The van der Waals surface area contributed by atoms with E-state index in [0.717, 1.165) is 0 Å². The van der Waals surface area contributed by atoms with Crippen molar-refractivity contribution in [2.75, 3.05) is 19.8 Å². The maximum atomic E-state index is 12.2. The van der Waals surface area contributed by atoms with Crippen molar-refractivity contribution in [2.45, 2.75) is 44.9 Å². The molecule has 5 nitrogen and oxygen atoms in total. The molecule has 1 heterocycles. The molecule has 16 heavy (non-hydrogen) atoms. The van der Waals surface area contributed by atoms with Gasteiger partial charge in [0.05, 0.1) is 30.9 Å². The molecular formula is C11H22N2O3. The topological polar surface area (TPSA) is 75.8 Å². The summed E-state index contributed by atoms with van der Waals surface area (Å²) in [5, 5.41) is 9.04. The average Bonchev–Trinajstić information content (AvgIpc) is 2.29. The summed E-state index contributed by atoms with van der Waals surface area (Å²) in [7, 11) is 0. The van der Waals surface area contributed by atoms with Gasteiger partial charge in [0.15, 0.2) is 0 Å². The highest BCUT2D eigenvalue weighted by Crippen LogP contribution is 2.17. The number of nitrogens with zero attached hydrogens (tertiary/aromatic N) is 1. The number of hydrogen-bond donors (Lipinski definition) is 2. The predicted molar refractivity (Wildman–Crippen MR) is 60.9 cm³/mol. The van der Waals surface area contributed by atoms with E-state index in [0.29, 0.717) is 19.6 Å². The normalized spacial score (nSPS) is 29.9. The van der Waals surface area contributed by atoms with Gasteiger partial charge in [0.1, 0.15) is 0 Å². The fourth-order valence-corrected chi connectivity index (χ4v) is 1.69. The molecule has 3 N–H and O–H groups in total. The molecular weight excluding hydrogens is 208 g/mol. The minimum atomic E-state index is -0.828. The third kappa shape index (κ3) is 2.72. The highest BCUT2D eigenvalue weighted by molar-refractivity contribution is 5.86. The van der Waals surface area contributed by atoms with Crippen molar-refractivity contribution >= 4 is 5.91 Å². The fourth-order valence-electron chi connectivity index (χ4n) is 1.69. The zero-order valence-corrected chi connectivity index (χ0v) is 10.3. The fraction of sp³-hybridized carbons (Fsp3) is 0.909. The van der Waals surface area contributed by atoms with E-state index in [1.807, 2.05) is 13.8 Å². The molecule has 0 aromatic heterocycles. The van der Waals surface area contributed by atoms with Crippen LogP contribution in [0.2, 0.25) is 0 Å². The van der Waals surface area contributed by atoms with Gasteiger partial charge in [0.2, 0.25) is 5.91 Å². The number of rotatable bonds is 3. The SMILES string of the molecule is CCC(C)(N)C(=O)N1CC(CO)OCC1C. The number of ether oxygens (including phenoxy) is 1. The molecule has 1 aliphatic heterocycles. The lowest BCUT2D eigenvalue weighted by molar-refractivity contribution is -0.151. The Bertz CT molecular complexity index is 256. The molecule has 0 aliphatic carbocycles. The van der Waals surface area contributed by atoms with Gasteiger partial charge in [-0.1, -0.05) is 6.92 Å². The van der Waals surface area contributed by atoms with Crippen LogP contribution in [0.3, 0.4) is 0 Å². The number of amides is 1. The third-order valence-electron chi connectivity index (χ3n) is 3.19. The molecule has 1 amide bonds. The van der Waals surface area contributed by atoms with E-state index >= 15 is 0 Å². The number of morpholine rings is 1. The van der Waals surface area contributed by atoms with Gasteiger partial charge in [-0.25, -0.2) is 0 Å². The van der Waals surface area contributed by atoms with Crippen molar-refractivity contribution in [2.24, 2.45) is 5.73 Å². The molecule has 94 valence electrons. The van der Waals surface area contributed by atoms with Crippen LogP contribution in [0.15, 0.2) is 0 Å². The van der Waals surface area contributed by atoms with E-state index in [9.17, 15) is 4.79 Å². The van der Waals surface area contributed by atoms with Crippen molar-refractivity contribution < 1.29 is 14.6 Å². The molecule has 3 unspecified atom stereocenters. The Kier molecular flexibility index (Phi) is 4.29. The third-order valence-corrected chi connectivity index (χ3v) is 3.19. The maximum absolute atomic E-state index is 12.2. The Labute approximate surface area is 96.6 Å². The summed E-state index contributed by atoms with van der Waals surface area (Å²) in [4.78, 5) is 13.9. The number of nitrogens with two attached hydrogens (primary N) is 1. The summed E-state index contributed by atoms with van der Waals surface area (Å²) < 4.78 is 5.38. The molecule has 3 atom stereocenters. The second-order valence-corrected chi connectivity index (χ2v) is 4.72. The first kappa shape index (κ1) is 13.4. The van der Waals surface area contributed by atoms with E-state index in [-0.39, 0.29) is 24.7 Å². The first-order valence-electron chi connectivity index (χ1n) is 5.74. The summed E-state index contributed by atoms with van der Waals surface area (Å²) in [6.45, 7) is 6.37.